The quantitative estimate of drug-likeness (QED) is 0.895. The van der Waals surface area contributed by atoms with Crippen molar-refractivity contribution in [1.82, 2.24) is 4.90 Å². The highest BCUT2D eigenvalue weighted by Gasteiger charge is 2.27. The number of likely N-dealkylation sites (tertiary alicyclic amines) is 1. The summed E-state index contributed by atoms with van der Waals surface area (Å²) in [5, 5.41) is 0. The number of amides is 1. The molecule has 0 bridgehead atoms. The van der Waals surface area contributed by atoms with E-state index in [0.29, 0.717) is 18.9 Å². The molecule has 2 N–H and O–H groups in total. The Morgan fingerprint density at radius 2 is 2.15 bits per heavy atom. The number of carbonyl (C=O) groups excluding carboxylic acids is 1. The van der Waals surface area contributed by atoms with E-state index in [9.17, 15) is 4.79 Å². The summed E-state index contributed by atoms with van der Waals surface area (Å²) < 4.78 is 5.57. The van der Waals surface area contributed by atoms with Crippen molar-refractivity contribution in [2.75, 3.05) is 19.7 Å². The zero-order chi connectivity index (χ0) is 14.4. The van der Waals surface area contributed by atoms with Gasteiger partial charge in [-0.2, -0.15) is 0 Å². The van der Waals surface area contributed by atoms with Crippen LogP contribution in [-0.4, -0.2) is 36.5 Å². The molecule has 0 radical (unpaired) electrons. The molecule has 2 unspecified atom stereocenters. The molecule has 2 atom stereocenters. The van der Waals surface area contributed by atoms with Gasteiger partial charge in [-0.15, -0.1) is 0 Å². The van der Waals surface area contributed by atoms with Gasteiger partial charge in [0.1, 0.15) is 5.75 Å². The summed E-state index contributed by atoms with van der Waals surface area (Å²) >= 11 is 0. The molecular weight excluding hydrogens is 252 g/mol. The molecule has 0 aromatic heterocycles. The van der Waals surface area contributed by atoms with Gasteiger partial charge in [0.25, 0.3) is 0 Å². The maximum atomic E-state index is 12.2. The molecule has 1 aliphatic rings. The van der Waals surface area contributed by atoms with E-state index >= 15 is 0 Å². The maximum absolute atomic E-state index is 12.2. The largest absolute Gasteiger partial charge is 0.493 e. The SMILES string of the molecule is CCC1CN(C(=O)CCOc2ccccc2)CCC1N. The van der Waals surface area contributed by atoms with Gasteiger partial charge in [-0.05, 0) is 24.5 Å². The Hall–Kier alpha value is -1.55. The third kappa shape index (κ3) is 3.97. The number of hydrogen-bond donors (Lipinski definition) is 1. The van der Waals surface area contributed by atoms with Crippen molar-refractivity contribution in [2.45, 2.75) is 32.2 Å². The molecule has 1 saturated heterocycles. The second-order valence-corrected chi connectivity index (χ2v) is 5.37. The fourth-order valence-corrected chi connectivity index (χ4v) is 2.64. The van der Waals surface area contributed by atoms with Crippen molar-refractivity contribution in [3.63, 3.8) is 0 Å². The third-order valence-electron chi connectivity index (χ3n) is 4.00. The molecule has 0 aliphatic carbocycles. The molecule has 1 heterocycles. The standard InChI is InChI=1S/C16H24N2O2/c1-2-13-12-18(10-8-15(13)17)16(19)9-11-20-14-6-4-3-5-7-14/h3-7,13,15H,2,8-12,17H2,1H3. The zero-order valence-electron chi connectivity index (χ0n) is 12.1. The minimum absolute atomic E-state index is 0.172. The molecule has 1 amide bonds. The van der Waals surface area contributed by atoms with Crippen molar-refractivity contribution >= 4 is 5.91 Å². The van der Waals surface area contributed by atoms with E-state index in [1.807, 2.05) is 35.2 Å². The van der Waals surface area contributed by atoms with Crippen LogP contribution in [0.1, 0.15) is 26.2 Å². The van der Waals surface area contributed by atoms with Crippen LogP contribution in [0.15, 0.2) is 30.3 Å². The van der Waals surface area contributed by atoms with Gasteiger partial charge in [0.15, 0.2) is 0 Å². The molecule has 2 rings (SSSR count). The van der Waals surface area contributed by atoms with Crippen molar-refractivity contribution < 1.29 is 9.53 Å². The van der Waals surface area contributed by atoms with Gasteiger partial charge in [-0.3, -0.25) is 4.79 Å². The van der Waals surface area contributed by atoms with Crippen LogP contribution in [0.25, 0.3) is 0 Å². The molecule has 1 aromatic rings. The third-order valence-corrected chi connectivity index (χ3v) is 4.00. The molecule has 4 nitrogen and oxygen atoms in total. The first-order chi connectivity index (χ1) is 9.70. The first-order valence-corrected chi connectivity index (χ1v) is 7.42. The lowest BCUT2D eigenvalue weighted by molar-refractivity contribution is -0.133. The first kappa shape index (κ1) is 14.9. The van der Waals surface area contributed by atoms with Gasteiger partial charge in [0, 0.05) is 19.1 Å². The molecule has 0 saturated carbocycles. The van der Waals surface area contributed by atoms with E-state index in [2.05, 4.69) is 6.92 Å². The highest BCUT2D eigenvalue weighted by atomic mass is 16.5. The normalized spacial score (nSPS) is 22.6. The van der Waals surface area contributed by atoms with Crippen LogP contribution in [0.2, 0.25) is 0 Å². The number of benzene rings is 1. The van der Waals surface area contributed by atoms with E-state index in [1.165, 1.54) is 0 Å². The van der Waals surface area contributed by atoms with Crippen molar-refractivity contribution in [3.8, 4) is 5.75 Å². The van der Waals surface area contributed by atoms with Gasteiger partial charge < -0.3 is 15.4 Å². The number of rotatable bonds is 5. The Balaban J connectivity index is 1.75. The summed E-state index contributed by atoms with van der Waals surface area (Å²) in [7, 11) is 0. The van der Waals surface area contributed by atoms with Crippen LogP contribution >= 0.6 is 0 Å². The highest BCUT2D eigenvalue weighted by molar-refractivity contribution is 5.76. The summed E-state index contributed by atoms with van der Waals surface area (Å²) in [5.74, 6) is 1.42. The minimum atomic E-state index is 0.172. The average Bonchev–Trinajstić information content (AvgIpc) is 2.48. The van der Waals surface area contributed by atoms with Crippen LogP contribution in [0, 0.1) is 5.92 Å². The second kappa shape index (κ2) is 7.29. The summed E-state index contributed by atoms with van der Waals surface area (Å²) in [6, 6.07) is 9.84. The fraction of sp³-hybridized carbons (Fsp3) is 0.562. The van der Waals surface area contributed by atoms with Crippen LogP contribution in [0.5, 0.6) is 5.75 Å². The number of hydrogen-bond acceptors (Lipinski definition) is 3. The van der Waals surface area contributed by atoms with E-state index < -0.39 is 0 Å². The summed E-state index contributed by atoms with van der Waals surface area (Å²) in [6.07, 6.45) is 2.37. The van der Waals surface area contributed by atoms with Gasteiger partial charge in [-0.1, -0.05) is 31.5 Å². The lowest BCUT2D eigenvalue weighted by atomic mass is 9.90. The maximum Gasteiger partial charge on any atom is 0.226 e. The van der Waals surface area contributed by atoms with E-state index in [-0.39, 0.29) is 11.9 Å². The lowest BCUT2D eigenvalue weighted by Gasteiger charge is -2.36. The summed E-state index contributed by atoms with van der Waals surface area (Å²) in [4.78, 5) is 14.1. The average molecular weight is 276 g/mol. The Morgan fingerprint density at radius 1 is 1.40 bits per heavy atom. The molecule has 4 heteroatoms. The number of nitrogens with two attached hydrogens (primary N) is 1. The Morgan fingerprint density at radius 3 is 2.85 bits per heavy atom. The molecule has 1 fully saturated rings. The monoisotopic (exact) mass is 276 g/mol. The van der Waals surface area contributed by atoms with E-state index in [1.54, 1.807) is 0 Å². The fourth-order valence-electron chi connectivity index (χ4n) is 2.64. The summed E-state index contributed by atoms with van der Waals surface area (Å²) in [5.41, 5.74) is 6.07. The van der Waals surface area contributed by atoms with Crippen molar-refractivity contribution in [3.05, 3.63) is 30.3 Å². The Labute approximate surface area is 120 Å². The van der Waals surface area contributed by atoms with Crippen LogP contribution in [0.4, 0.5) is 0 Å². The molecule has 20 heavy (non-hydrogen) atoms. The lowest BCUT2D eigenvalue weighted by Crippen LogP contribution is -2.49. The van der Waals surface area contributed by atoms with Crippen molar-refractivity contribution in [1.29, 1.82) is 0 Å². The van der Waals surface area contributed by atoms with E-state index in [0.717, 1.165) is 31.7 Å². The predicted octanol–water partition coefficient (Wildman–Crippen LogP) is 2.04. The van der Waals surface area contributed by atoms with Gasteiger partial charge in [0.2, 0.25) is 5.91 Å². The van der Waals surface area contributed by atoms with Gasteiger partial charge in [-0.25, -0.2) is 0 Å². The minimum Gasteiger partial charge on any atom is -0.493 e. The zero-order valence-corrected chi connectivity index (χ0v) is 12.1. The number of carbonyl (C=O) groups is 1. The number of ether oxygens (including phenoxy) is 1. The highest BCUT2D eigenvalue weighted by Crippen LogP contribution is 2.19. The van der Waals surface area contributed by atoms with Crippen LogP contribution < -0.4 is 10.5 Å². The number of nitrogens with zero attached hydrogens (tertiary/aromatic N) is 1. The van der Waals surface area contributed by atoms with Crippen molar-refractivity contribution in [2.24, 2.45) is 11.7 Å². The molecule has 1 aromatic carbocycles. The molecule has 110 valence electrons. The van der Waals surface area contributed by atoms with Crippen LogP contribution in [-0.2, 0) is 4.79 Å². The van der Waals surface area contributed by atoms with Gasteiger partial charge >= 0.3 is 0 Å². The Bertz CT molecular complexity index is 422. The van der Waals surface area contributed by atoms with E-state index in [4.69, 9.17) is 10.5 Å². The predicted molar refractivity (Wildman–Crippen MR) is 79.5 cm³/mol. The molecule has 0 spiro atoms. The molecule has 1 aliphatic heterocycles. The first-order valence-electron chi connectivity index (χ1n) is 7.42. The summed E-state index contributed by atoms with van der Waals surface area (Å²) in [6.45, 7) is 4.14. The number of piperidine rings is 1. The topological polar surface area (TPSA) is 55.6 Å². The molecular formula is C16H24N2O2. The second-order valence-electron chi connectivity index (χ2n) is 5.37. The van der Waals surface area contributed by atoms with Gasteiger partial charge in [0.05, 0.1) is 13.0 Å². The number of para-hydroxylation sites is 1. The van der Waals surface area contributed by atoms with Crippen LogP contribution in [0.3, 0.4) is 0 Å². The smallest absolute Gasteiger partial charge is 0.226 e. The Kier molecular flexibility index (Phi) is 5.41.